The molecule has 0 unspecified atom stereocenters. The summed E-state index contributed by atoms with van der Waals surface area (Å²) in [6.07, 6.45) is 5.08. The maximum atomic E-state index is 12.1. The van der Waals surface area contributed by atoms with Crippen LogP contribution < -0.4 is 10.5 Å². The molecule has 11 heteroatoms. The molecule has 0 aliphatic carbocycles. The van der Waals surface area contributed by atoms with E-state index in [0.717, 1.165) is 31.3 Å². The third-order valence-corrected chi connectivity index (χ3v) is 9.31. The molecule has 3 heterocycles. The van der Waals surface area contributed by atoms with E-state index in [4.69, 9.17) is 15.5 Å². The smallest absolute Gasteiger partial charge is 0.295 e. The van der Waals surface area contributed by atoms with E-state index in [9.17, 15) is 13.0 Å². The van der Waals surface area contributed by atoms with E-state index in [0.29, 0.717) is 34.5 Å². The van der Waals surface area contributed by atoms with Crippen LogP contribution in [-0.2, 0) is 16.7 Å². The molecule has 7 aromatic rings. The van der Waals surface area contributed by atoms with Crippen molar-refractivity contribution in [3.8, 4) is 17.0 Å². The fourth-order valence-corrected chi connectivity index (χ4v) is 7.10. The molecule has 9 nitrogen and oxygen atoms in total. The van der Waals surface area contributed by atoms with Gasteiger partial charge in [-0.25, -0.2) is 0 Å². The Bertz CT molecular complexity index is 2320. The standard InChI is InChI=1S/C33H23N5O4S2/c34-32-24-9-2-1-8-23(24)30(44(39,40)41)16-27(32)38-37-21-11-13-26(36-18-21)31-28(42-19-20-6-5-15-35-17-20)14-12-25-22-7-3-4-10-29(22)43-33(25)31/h1-18H,19,34H2,(H,39,40,41)/b38-37+. The number of hydrogen-bond donors (Lipinski definition) is 2. The summed E-state index contributed by atoms with van der Waals surface area (Å²) in [7, 11) is -4.53. The molecule has 0 spiro atoms. The molecule has 0 saturated carbocycles. The molecule has 0 aliphatic heterocycles. The molecular formula is C33H23N5O4S2. The molecule has 216 valence electrons. The number of benzene rings is 4. The Morgan fingerprint density at radius 3 is 2.39 bits per heavy atom. The van der Waals surface area contributed by atoms with Crippen LogP contribution in [0.15, 0.2) is 125 Å². The lowest BCUT2D eigenvalue weighted by atomic mass is 10.0. The van der Waals surface area contributed by atoms with E-state index < -0.39 is 10.1 Å². The molecule has 0 aliphatic rings. The van der Waals surface area contributed by atoms with E-state index in [1.807, 2.05) is 36.4 Å². The third-order valence-electron chi connectivity index (χ3n) is 7.21. The number of nitrogen functional groups attached to an aromatic ring is 1. The fraction of sp³-hybridized carbons (Fsp3) is 0.0303. The maximum Gasteiger partial charge on any atom is 0.295 e. The van der Waals surface area contributed by atoms with Crippen LogP contribution in [-0.4, -0.2) is 22.9 Å². The van der Waals surface area contributed by atoms with Crippen LogP contribution in [0.25, 0.3) is 42.2 Å². The Balaban J connectivity index is 1.27. The lowest BCUT2D eigenvalue weighted by Gasteiger charge is -2.13. The minimum absolute atomic E-state index is 0.113. The van der Waals surface area contributed by atoms with Gasteiger partial charge < -0.3 is 10.5 Å². The Kier molecular flexibility index (Phi) is 6.97. The van der Waals surface area contributed by atoms with Gasteiger partial charge in [-0.05, 0) is 42.5 Å². The summed E-state index contributed by atoms with van der Waals surface area (Å²) in [6.45, 7) is 0.349. The molecule has 0 bridgehead atoms. The van der Waals surface area contributed by atoms with E-state index in [2.05, 4.69) is 33.4 Å². The van der Waals surface area contributed by atoms with Crippen LogP contribution in [0.4, 0.5) is 17.1 Å². The molecule has 3 aromatic heterocycles. The van der Waals surface area contributed by atoms with Crippen molar-refractivity contribution in [3.05, 3.63) is 115 Å². The predicted octanol–water partition coefficient (Wildman–Crippen LogP) is 8.49. The van der Waals surface area contributed by atoms with Gasteiger partial charge >= 0.3 is 0 Å². The zero-order chi connectivity index (χ0) is 30.3. The monoisotopic (exact) mass is 617 g/mol. The van der Waals surface area contributed by atoms with Gasteiger partial charge in [0.1, 0.15) is 28.6 Å². The highest BCUT2D eigenvalue weighted by Gasteiger charge is 2.19. The van der Waals surface area contributed by atoms with E-state index in [-0.39, 0.29) is 16.3 Å². The van der Waals surface area contributed by atoms with Crippen molar-refractivity contribution in [1.29, 1.82) is 0 Å². The lowest BCUT2D eigenvalue weighted by molar-refractivity contribution is 0.307. The molecule has 0 radical (unpaired) electrons. The summed E-state index contributed by atoms with van der Waals surface area (Å²) < 4.78 is 42.5. The first-order valence-corrected chi connectivity index (χ1v) is 15.8. The average molecular weight is 618 g/mol. The van der Waals surface area contributed by atoms with Crippen molar-refractivity contribution >= 4 is 69.5 Å². The van der Waals surface area contributed by atoms with Gasteiger partial charge in [0.2, 0.25) is 0 Å². The Morgan fingerprint density at radius 1 is 0.841 bits per heavy atom. The number of azo groups is 1. The summed E-state index contributed by atoms with van der Waals surface area (Å²) >= 11 is 1.68. The van der Waals surface area contributed by atoms with Crippen LogP contribution in [0, 0.1) is 0 Å². The van der Waals surface area contributed by atoms with Crippen LogP contribution in [0.1, 0.15) is 5.56 Å². The zero-order valence-corrected chi connectivity index (χ0v) is 24.6. The minimum atomic E-state index is -4.53. The second-order valence-corrected chi connectivity index (χ2v) is 12.4. The van der Waals surface area contributed by atoms with Crippen molar-refractivity contribution in [2.24, 2.45) is 10.2 Å². The summed E-state index contributed by atoms with van der Waals surface area (Å²) in [4.78, 5) is 8.61. The van der Waals surface area contributed by atoms with E-state index >= 15 is 0 Å². The highest BCUT2D eigenvalue weighted by Crippen LogP contribution is 2.44. The largest absolute Gasteiger partial charge is 0.488 e. The first kappa shape index (κ1) is 27.6. The van der Waals surface area contributed by atoms with E-state index in [1.165, 1.54) is 6.07 Å². The van der Waals surface area contributed by atoms with Gasteiger partial charge in [-0.1, -0.05) is 48.5 Å². The Hall–Kier alpha value is -5.23. The van der Waals surface area contributed by atoms with Gasteiger partial charge in [-0.3, -0.25) is 14.5 Å². The molecular weight excluding hydrogens is 595 g/mol. The first-order chi connectivity index (χ1) is 21.4. The van der Waals surface area contributed by atoms with Crippen molar-refractivity contribution < 1.29 is 17.7 Å². The van der Waals surface area contributed by atoms with Crippen LogP contribution in [0.2, 0.25) is 0 Å². The number of nitrogens with zero attached hydrogens (tertiary/aromatic N) is 4. The molecule has 3 N–H and O–H groups in total. The fourth-order valence-electron chi connectivity index (χ4n) is 5.13. The molecule has 44 heavy (non-hydrogen) atoms. The number of pyridine rings is 2. The Morgan fingerprint density at radius 2 is 1.64 bits per heavy atom. The zero-order valence-electron chi connectivity index (χ0n) is 23.0. The van der Waals surface area contributed by atoms with Crippen LogP contribution in [0.3, 0.4) is 0 Å². The lowest BCUT2D eigenvalue weighted by Crippen LogP contribution is -2.01. The first-order valence-electron chi connectivity index (χ1n) is 13.5. The van der Waals surface area contributed by atoms with Crippen molar-refractivity contribution in [2.75, 3.05) is 5.73 Å². The molecule has 0 saturated heterocycles. The maximum absolute atomic E-state index is 12.1. The number of rotatable bonds is 7. The second kappa shape index (κ2) is 11.1. The summed E-state index contributed by atoms with van der Waals surface area (Å²) in [5.41, 5.74) is 9.60. The summed E-state index contributed by atoms with van der Waals surface area (Å²) in [5, 5.41) is 11.5. The van der Waals surface area contributed by atoms with Crippen LogP contribution in [0.5, 0.6) is 5.75 Å². The molecule has 0 amide bonds. The minimum Gasteiger partial charge on any atom is -0.488 e. The van der Waals surface area contributed by atoms with Gasteiger partial charge in [0, 0.05) is 48.9 Å². The number of nitrogens with two attached hydrogens (primary N) is 1. The molecule has 7 rings (SSSR count). The number of fused-ring (bicyclic) bond motifs is 4. The highest BCUT2D eigenvalue weighted by molar-refractivity contribution is 7.86. The predicted molar refractivity (Wildman–Crippen MR) is 173 cm³/mol. The van der Waals surface area contributed by atoms with E-state index in [1.54, 1.807) is 60.3 Å². The van der Waals surface area contributed by atoms with Crippen molar-refractivity contribution in [1.82, 2.24) is 9.97 Å². The van der Waals surface area contributed by atoms with Crippen molar-refractivity contribution in [3.63, 3.8) is 0 Å². The highest BCUT2D eigenvalue weighted by atomic mass is 32.2. The average Bonchev–Trinajstić information content (AvgIpc) is 3.42. The quantitative estimate of drug-likeness (QED) is 0.104. The summed E-state index contributed by atoms with van der Waals surface area (Å²) in [6, 6.07) is 27.6. The van der Waals surface area contributed by atoms with Gasteiger partial charge in [0.15, 0.2) is 0 Å². The van der Waals surface area contributed by atoms with Crippen molar-refractivity contribution in [2.45, 2.75) is 11.5 Å². The number of ether oxygens (including phenoxy) is 1. The van der Waals surface area contributed by atoms with Gasteiger partial charge in [0.05, 0.1) is 23.1 Å². The normalized spacial score (nSPS) is 12.0. The number of hydrogen-bond acceptors (Lipinski definition) is 9. The number of anilines is 1. The van der Waals surface area contributed by atoms with Gasteiger partial charge in [0.25, 0.3) is 10.1 Å². The molecule has 0 atom stereocenters. The third kappa shape index (κ3) is 5.13. The SMILES string of the molecule is Nc1c(/N=N/c2ccc(-c3c(OCc4cccnc4)ccc4c3sc3ccccc34)nc2)cc(S(=O)(=O)O)c2ccccc12. The van der Waals surface area contributed by atoms with Crippen LogP contribution >= 0.6 is 11.3 Å². The topological polar surface area (TPSA) is 140 Å². The van der Waals surface area contributed by atoms with Gasteiger partial charge in [-0.2, -0.15) is 8.42 Å². The molecule has 0 fully saturated rings. The second-order valence-electron chi connectivity index (χ2n) is 9.99. The molecule has 4 aromatic carbocycles. The van der Waals surface area contributed by atoms with Gasteiger partial charge in [-0.15, -0.1) is 21.6 Å². The number of thiophene rings is 1. The summed E-state index contributed by atoms with van der Waals surface area (Å²) in [5.74, 6) is 0.691. The Labute approximate surface area is 256 Å². The number of aromatic nitrogens is 2.